The molecule has 0 saturated heterocycles. The van der Waals surface area contributed by atoms with Crippen molar-refractivity contribution in [3.05, 3.63) is 12.2 Å². The third-order valence-electron chi connectivity index (χ3n) is 3.91. The summed E-state index contributed by atoms with van der Waals surface area (Å²) in [5.41, 5.74) is -0.153. The van der Waals surface area contributed by atoms with Crippen molar-refractivity contribution >= 4 is 5.78 Å². The second kappa shape index (κ2) is 6.48. The van der Waals surface area contributed by atoms with Gasteiger partial charge in [0.2, 0.25) is 0 Å². The fourth-order valence-electron chi connectivity index (χ4n) is 2.35. The fourth-order valence-corrected chi connectivity index (χ4v) is 2.35. The van der Waals surface area contributed by atoms with Crippen LogP contribution in [0.2, 0.25) is 0 Å². The summed E-state index contributed by atoms with van der Waals surface area (Å²) >= 11 is 0. The topological polar surface area (TPSA) is 57.5 Å². The molecule has 0 bridgehead atoms. The summed E-state index contributed by atoms with van der Waals surface area (Å²) in [6.45, 7) is 6.24. The highest BCUT2D eigenvalue weighted by Crippen LogP contribution is 2.30. The molecule has 104 valence electrons. The minimum Gasteiger partial charge on any atom is -0.392 e. The van der Waals surface area contributed by atoms with Crippen molar-refractivity contribution in [1.29, 1.82) is 0 Å². The highest BCUT2D eigenvalue weighted by atomic mass is 16.3. The van der Waals surface area contributed by atoms with Crippen LogP contribution in [0.25, 0.3) is 0 Å². The van der Waals surface area contributed by atoms with Crippen molar-refractivity contribution < 1.29 is 15.0 Å². The van der Waals surface area contributed by atoms with Gasteiger partial charge in [-0.2, -0.15) is 0 Å². The Kier molecular flexibility index (Phi) is 5.54. The van der Waals surface area contributed by atoms with E-state index < -0.39 is 12.2 Å². The van der Waals surface area contributed by atoms with E-state index in [1.165, 1.54) is 0 Å². The number of carbonyl (C=O) groups excluding carboxylic acids is 1. The molecule has 18 heavy (non-hydrogen) atoms. The number of ketones is 1. The monoisotopic (exact) mass is 254 g/mol. The first-order chi connectivity index (χ1) is 8.36. The van der Waals surface area contributed by atoms with Gasteiger partial charge < -0.3 is 10.2 Å². The van der Waals surface area contributed by atoms with Gasteiger partial charge in [0, 0.05) is 18.8 Å². The van der Waals surface area contributed by atoms with Crippen molar-refractivity contribution in [2.24, 2.45) is 11.3 Å². The number of unbranched alkanes of at least 4 members (excludes halogenated alkanes) is 1. The first-order valence-electron chi connectivity index (χ1n) is 6.93. The lowest BCUT2D eigenvalue weighted by Crippen LogP contribution is -2.27. The van der Waals surface area contributed by atoms with E-state index in [0.29, 0.717) is 6.42 Å². The van der Waals surface area contributed by atoms with E-state index in [1.54, 1.807) is 6.08 Å². The first-order valence-corrected chi connectivity index (χ1v) is 6.93. The van der Waals surface area contributed by atoms with E-state index in [4.69, 9.17) is 0 Å². The van der Waals surface area contributed by atoms with Crippen molar-refractivity contribution in [2.45, 2.75) is 65.1 Å². The number of hydrogen-bond donors (Lipinski definition) is 2. The highest BCUT2D eigenvalue weighted by Gasteiger charge is 2.30. The molecular weight excluding hydrogens is 228 g/mol. The molecule has 0 spiro atoms. The molecular formula is C15H26O3. The molecule has 0 aromatic rings. The van der Waals surface area contributed by atoms with E-state index in [1.807, 2.05) is 19.9 Å². The number of Topliss-reactive ketones (excluding diaryl/α,β-unsaturated/α-hetero) is 1. The molecule has 1 aliphatic rings. The Balaban J connectivity index is 2.52. The zero-order valence-corrected chi connectivity index (χ0v) is 11.7. The van der Waals surface area contributed by atoms with Gasteiger partial charge in [-0.3, -0.25) is 4.79 Å². The van der Waals surface area contributed by atoms with Gasteiger partial charge in [0.25, 0.3) is 0 Å². The molecule has 0 heterocycles. The largest absolute Gasteiger partial charge is 0.392 e. The number of hydrogen-bond acceptors (Lipinski definition) is 3. The van der Waals surface area contributed by atoms with Gasteiger partial charge in [-0.05, 0) is 11.8 Å². The molecule has 2 N–H and O–H groups in total. The molecule has 0 aromatic heterocycles. The van der Waals surface area contributed by atoms with Crippen LogP contribution in [0, 0.1) is 11.3 Å². The van der Waals surface area contributed by atoms with Crippen LogP contribution in [0.15, 0.2) is 12.2 Å². The van der Waals surface area contributed by atoms with E-state index in [9.17, 15) is 15.0 Å². The van der Waals surface area contributed by atoms with Crippen LogP contribution in [0.3, 0.4) is 0 Å². The van der Waals surface area contributed by atoms with Gasteiger partial charge in [0.15, 0.2) is 0 Å². The summed E-state index contributed by atoms with van der Waals surface area (Å²) in [6.07, 6.45) is 6.33. The van der Waals surface area contributed by atoms with Gasteiger partial charge in [-0.15, -0.1) is 0 Å². The SMILES string of the molecule is CCCCC(C)(C)[C@H](O)/C=C/[C@@H]1CC(=O)C[C@H]1O. The van der Waals surface area contributed by atoms with E-state index >= 15 is 0 Å². The molecule has 3 nitrogen and oxygen atoms in total. The van der Waals surface area contributed by atoms with Crippen LogP contribution in [-0.2, 0) is 4.79 Å². The smallest absolute Gasteiger partial charge is 0.136 e. The molecule has 1 rings (SSSR count). The van der Waals surface area contributed by atoms with Crippen molar-refractivity contribution in [2.75, 3.05) is 0 Å². The van der Waals surface area contributed by atoms with Gasteiger partial charge in [-0.1, -0.05) is 45.8 Å². The predicted octanol–water partition coefficient (Wildman–Crippen LogP) is 2.46. The Labute approximate surface area is 110 Å². The molecule has 0 unspecified atom stereocenters. The maximum Gasteiger partial charge on any atom is 0.136 e. The zero-order valence-electron chi connectivity index (χ0n) is 11.7. The lowest BCUT2D eigenvalue weighted by Gasteiger charge is -2.28. The van der Waals surface area contributed by atoms with E-state index in [-0.39, 0.29) is 23.5 Å². The number of rotatable bonds is 6. The maximum absolute atomic E-state index is 11.2. The minimum atomic E-state index is -0.570. The van der Waals surface area contributed by atoms with Crippen LogP contribution >= 0.6 is 0 Å². The summed E-state index contributed by atoms with van der Waals surface area (Å²) in [4.78, 5) is 11.2. The summed E-state index contributed by atoms with van der Waals surface area (Å²) in [5.74, 6) is -0.00833. The van der Waals surface area contributed by atoms with Crippen LogP contribution in [-0.4, -0.2) is 28.2 Å². The average Bonchev–Trinajstić information content (AvgIpc) is 2.62. The first kappa shape index (κ1) is 15.4. The van der Waals surface area contributed by atoms with Gasteiger partial charge in [0.05, 0.1) is 12.2 Å². The van der Waals surface area contributed by atoms with Crippen LogP contribution in [0.4, 0.5) is 0 Å². The number of carbonyl (C=O) groups is 1. The van der Waals surface area contributed by atoms with Gasteiger partial charge in [0.1, 0.15) is 5.78 Å². The molecule has 0 radical (unpaired) electrons. The minimum absolute atomic E-state index is 0.108. The lowest BCUT2D eigenvalue weighted by atomic mass is 9.81. The van der Waals surface area contributed by atoms with E-state index in [2.05, 4.69) is 6.92 Å². The Bertz CT molecular complexity index is 307. The maximum atomic E-state index is 11.2. The second-order valence-corrected chi connectivity index (χ2v) is 6.10. The lowest BCUT2D eigenvalue weighted by molar-refractivity contribution is -0.117. The standard InChI is InChI=1S/C15H26O3/c1-4-5-8-15(2,3)14(18)7-6-11-9-12(16)10-13(11)17/h6-7,11,13-14,17-18H,4-5,8-10H2,1-3H3/b7-6+/t11-,13-,14-/m1/s1. The summed E-state index contributed by atoms with van der Waals surface area (Å²) < 4.78 is 0. The van der Waals surface area contributed by atoms with E-state index in [0.717, 1.165) is 19.3 Å². The summed E-state index contributed by atoms with van der Waals surface area (Å²) in [6, 6.07) is 0. The van der Waals surface area contributed by atoms with Crippen molar-refractivity contribution in [3.63, 3.8) is 0 Å². The Hall–Kier alpha value is -0.670. The van der Waals surface area contributed by atoms with Gasteiger partial charge in [-0.25, -0.2) is 0 Å². The molecule has 3 heteroatoms. The molecule has 0 amide bonds. The summed E-state index contributed by atoms with van der Waals surface area (Å²) in [5, 5.41) is 19.8. The second-order valence-electron chi connectivity index (χ2n) is 6.10. The van der Waals surface area contributed by atoms with Crippen LogP contribution in [0.1, 0.15) is 52.9 Å². The van der Waals surface area contributed by atoms with Crippen LogP contribution in [0.5, 0.6) is 0 Å². The third kappa shape index (κ3) is 4.21. The zero-order chi connectivity index (χ0) is 13.8. The number of aliphatic hydroxyl groups excluding tert-OH is 2. The average molecular weight is 254 g/mol. The van der Waals surface area contributed by atoms with Crippen molar-refractivity contribution in [1.82, 2.24) is 0 Å². The molecule has 1 fully saturated rings. The third-order valence-corrected chi connectivity index (χ3v) is 3.91. The Morgan fingerprint density at radius 1 is 1.44 bits per heavy atom. The molecule has 0 aliphatic heterocycles. The quantitative estimate of drug-likeness (QED) is 0.716. The number of aliphatic hydroxyl groups is 2. The molecule has 0 aromatic carbocycles. The van der Waals surface area contributed by atoms with Crippen molar-refractivity contribution in [3.8, 4) is 0 Å². The normalized spacial score (nSPS) is 27.1. The van der Waals surface area contributed by atoms with Gasteiger partial charge >= 0.3 is 0 Å². The Morgan fingerprint density at radius 3 is 2.61 bits per heavy atom. The highest BCUT2D eigenvalue weighted by molar-refractivity contribution is 5.81. The molecule has 1 aliphatic carbocycles. The molecule has 3 atom stereocenters. The molecule has 1 saturated carbocycles. The van der Waals surface area contributed by atoms with Crippen LogP contribution < -0.4 is 0 Å². The summed E-state index contributed by atoms with van der Waals surface area (Å²) in [7, 11) is 0. The fraction of sp³-hybridized carbons (Fsp3) is 0.800. The Morgan fingerprint density at radius 2 is 2.11 bits per heavy atom. The predicted molar refractivity (Wildman–Crippen MR) is 72.2 cm³/mol.